The third-order valence-electron chi connectivity index (χ3n) is 3.00. The summed E-state index contributed by atoms with van der Waals surface area (Å²) in [6.45, 7) is 5.80. The van der Waals surface area contributed by atoms with Crippen LogP contribution >= 0.6 is 0 Å². The summed E-state index contributed by atoms with van der Waals surface area (Å²) in [7, 11) is 0. The van der Waals surface area contributed by atoms with Crippen molar-refractivity contribution in [3.05, 3.63) is 30.1 Å². The molecule has 1 aliphatic rings. The average Bonchev–Trinajstić information content (AvgIpc) is 2.99. The summed E-state index contributed by atoms with van der Waals surface area (Å²) in [6.07, 6.45) is 5.63. The van der Waals surface area contributed by atoms with Crippen molar-refractivity contribution in [2.75, 3.05) is 0 Å². The van der Waals surface area contributed by atoms with Gasteiger partial charge < -0.3 is 5.32 Å². The molecule has 0 spiro atoms. The van der Waals surface area contributed by atoms with Crippen LogP contribution in [0, 0.1) is 5.41 Å². The molecule has 86 valence electrons. The zero-order valence-corrected chi connectivity index (χ0v) is 10.1. The molecule has 1 heterocycles. The standard InChI is InChI=1S/C13H18N2O/c1-12(2,3)11(16)15-13(6-7-13)10-5-4-8-14-9-10/h4-5,8-9H,6-7H2,1-3H3,(H,15,16). The summed E-state index contributed by atoms with van der Waals surface area (Å²) in [4.78, 5) is 16.1. The van der Waals surface area contributed by atoms with Crippen LogP contribution in [0.15, 0.2) is 24.5 Å². The second-order valence-corrected chi connectivity index (χ2v) is 5.53. The van der Waals surface area contributed by atoms with Gasteiger partial charge in [-0.3, -0.25) is 9.78 Å². The van der Waals surface area contributed by atoms with E-state index in [1.54, 1.807) is 6.20 Å². The van der Waals surface area contributed by atoms with E-state index in [0.29, 0.717) is 0 Å². The third-order valence-corrected chi connectivity index (χ3v) is 3.00. The second kappa shape index (κ2) is 3.58. The van der Waals surface area contributed by atoms with E-state index < -0.39 is 0 Å². The number of nitrogens with one attached hydrogen (secondary N) is 1. The van der Waals surface area contributed by atoms with Crippen molar-refractivity contribution in [1.82, 2.24) is 10.3 Å². The molecule has 0 atom stereocenters. The Morgan fingerprint density at radius 1 is 1.44 bits per heavy atom. The van der Waals surface area contributed by atoms with Crippen LogP contribution in [0.4, 0.5) is 0 Å². The Morgan fingerprint density at radius 2 is 2.12 bits per heavy atom. The number of hydrogen-bond acceptors (Lipinski definition) is 2. The highest BCUT2D eigenvalue weighted by atomic mass is 16.2. The van der Waals surface area contributed by atoms with Crippen LogP contribution in [0.2, 0.25) is 0 Å². The number of aromatic nitrogens is 1. The van der Waals surface area contributed by atoms with Gasteiger partial charge >= 0.3 is 0 Å². The highest BCUT2D eigenvalue weighted by Gasteiger charge is 2.47. The topological polar surface area (TPSA) is 42.0 Å². The Hall–Kier alpha value is -1.38. The monoisotopic (exact) mass is 218 g/mol. The van der Waals surface area contributed by atoms with E-state index in [9.17, 15) is 4.79 Å². The predicted octanol–water partition coefficient (Wildman–Crippen LogP) is 2.23. The minimum atomic E-state index is -0.336. The Morgan fingerprint density at radius 3 is 2.56 bits per heavy atom. The smallest absolute Gasteiger partial charge is 0.226 e. The van der Waals surface area contributed by atoms with Crippen LogP contribution in [-0.4, -0.2) is 10.9 Å². The van der Waals surface area contributed by atoms with Crippen molar-refractivity contribution >= 4 is 5.91 Å². The Labute approximate surface area is 96.3 Å². The maximum atomic E-state index is 12.0. The summed E-state index contributed by atoms with van der Waals surface area (Å²) in [5.41, 5.74) is 0.642. The minimum Gasteiger partial charge on any atom is -0.346 e. The minimum absolute atomic E-state index is 0.105. The Bertz CT molecular complexity index is 388. The van der Waals surface area contributed by atoms with E-state index >= 15 is 0 Å². The molecule has 16 heavy (non-hydrogen) atoms. The van der Waals surface area contributed by atoms with Crippen LogP contribution in [0.3, 0.4) is 0 Å². The largest absolute Gasteiger partial charge is 0.346 e. The molecule has 1 fully saturated rings. The molecule has 1 aromatic rings. The lowest BCUT2D eigenvalue weighted by Crippen LogP contribution is -2.41. The fraction of sp³-hybridized carbons (Fsp3) is 0.538. The maximum Gasteiger partial charge on any atom is 0.226 e. The first-order chi connectivity index (χ1) is 7.44. The number of amides is 1. The Balaban J connectivity index is 2.14. The molecule has 1 aromatic heterocycles. The van der Waals surface area contributed by atoms with Gasteiger partial charge in [0.15, 0.2) is 0 Å². The van der Waals surface area contributed by atoms with Crippen LogP contribution < -0.4 is 5.32 Å². The van der Waals surface area contributed by atoms with E-state index in [4.69, 9.17) is 0 Å². The van der Waals surface area contributed by atoms with Crippen LogP contribution in [0.1, 0.15) is 39.2 Å². The summed E-state index contributed by atoms with van der Waals surface area (Å²) in [5.74, 6) is 0.105. The molecule has 1 aliphatic carbocycles. The normalized spacial score (nSPS) is 17.9. The van der Waals surface area contributed by atoms with Gasteiger partial charge in [-0.15, -0.1) is 0 Å². The first-order valence-electron chi connectivity index (χ1n) is 5.67. The molecule has 3 heteroatoms. The van der Waals surface area contributed by atoms with E-state index in [-0.39, 0.29) is 16.9 Å². The molecule has 2 rings (SSSR count). The van der Waals surface area contributed by atoms with Gasteiger partial charge in [0.25, 0.3) is 0 Å². The summed E-state index contributed by atoms with van der Waals surface area (Å²) < 4.78 is 0. The predicted molar refractivity (Wildman–Crippen MR) is 62.7 cm³/mol. The van der Waals surface area contributed by atoms with Crippen LogP contribution in [0.5, 0.6) is 0 Å². The van der Waals surface area contributed by atoms with Gasteiger partial charge in [-0.2, -0.15) is 0 Å². The Kier molecular flexibility index (Phi) is 2.49. The summed E-state index contributed by atoms with van der Waals surface area (Å²) >= 11 is 0. The molecular weight excluding hydrogens is 200 g/mol. The van der Waals surface area contributed by atoms with Gasteiger partial charge in [-0.1, -0.05) is 26.8 Å². The number of pyridine rings is 1. The number of hydrogen-bond donors (Lipinski definition) is 1. The third kappa shape index (κ3) is 2.08. The lowest BCUT2D eigenvalue weighted by Gasteiger charge is -2.24. The second-order valence-electron chi connectivity index (χ2n) is 5.53. The number of nitrogens with zero attached hydrogens (tertiary/aromatic N) is 1. The van der Waals surface area contributed by atoms with Crippen molar-refractivity contribution in [1.29, 1.82) is 0 Å². The maximum absolute atomic E-state index is 12.0. The van der Waals surface area contributed by atoms with E-state index in [0.717, 1.165) is 18.4 Å². The molecule has 0 radical (unpaired) electrons. The van der Waals surface area contributed by atoms with E-state index in [2.05, 4.69) is 10.3 Å². The first-order valence-corrected chi connectivity index (χ1v) is 5.67. The van der Waals surface area contributed by atoms with Crippen molar-refractivity contribution in [3.8, 4) is 0 Å². The van der Waals surface area contributed by atoms with Crippen LogP contribution in [-0.2, 0) is 10.3 Å². The molecule has 0 saturated heterocycles. The van der Waals surface area contributed by atoms with Gasteiger partial charge in [0, 0.05) is 17.8 Å². The number of rotatable bonds is 2. The number of carbonyl (C=O) groups excluding carboxylic acids is 1. The van der Waals surface area contributed by atoms with Crippen LogP contribution in [0.25, 0.3) is 0 Å². The molecule has 0 aromatic carbocycles. The molecule has 1 amide bonds. The van der Waals surface area contributed by atoms with Crippen molar-refractivity contribution < 1.29 is 4.79 Å². The molecule has 0 unspecified atom stereocenters. The lowest BCUT2D eigenvalue weighted by atomic mass is 9.94. The highest BCUT2D eigenvalue weighted by Crippen LogP contribution is 2.45. The first kappa shape index (κ1) is 11.1. The van der Waals surface area contributed by atoms with Gasteiger partial charge in [0.2, 0.25) is 5.91 Å². The quantitative estimate of drug-likeness (QED) is 0.827. The van der Waals surface area contributed by atoms with E-state index in [1.807, 2.05) is 39.1 Å². The molecule has 0 bridgehead atoms. The van der Waals surface area contributed by atoms with Gasteiger partial charge in [-0.05, 0) is 24.5 Å². The van der Waals surface area contributed by atoms with Crippen molar-refractivity contribution in [2.45, 2.75) is 39.2 Å². The van der Waals surface area contributed by atoms with Gasteiger partial charge in [0.1, 0.15) is 0 Å². The molecular formula is C13H18N2O. The highest BCUT2D eigenvalue weighted by molar-refractivity contribution is 5.82. The fourth-order valence-electron chi connectivity index (χ4n) is 1.66. The zero-order valence-electron chi connectivity index (χ0n) is 10.1. The fourth-order valence-corrected chi connectivity index (χ4v) is 1.66. The SMILES string of the molecule is CC(C)(C)C(=O)NC1(c2cccnc2)CC1. The molecule has 3 nitrogen and oxygen atoms in total. The van der Waals surface area contributed by atoms with Crippen molar-refractivity contribution in [3.63, 3.8) is 0 Å². The summed E-state index contributed by atoms with van der Waals surface area (Å²) in [6, 6.07) is 3.95. The summed E-state index contributed by atoms with van der Waals surface area (Å²) in [5, 5.41) is 3.14. The number of carbonyl (C=O) groups is 1. The van der Waals surface area contributed by atoms with Crippen molar-refractivity contribution in [2.24, 2.45) is 5.41 Å². The molecule has 1 N–H and O–H groups in total. The van der Waals surface area contributed by atoms with Gasteiger partial charge in [0.05, 0.1) is 5.54 Å². The average molecular weight is 218 g/mol. The van der Waals surface area contributed by atoms with Gasteiger partial charge in [-0.25, -0.2) is 0 Å². The van der Waals surface area contributed by atoms with E-state index in [1.165, 1.54) is 0 Å². The zero-order chi connectivity index (χ0) is 11.8. The molecule has 0 aliphatic heterocycles. The lowest BCUT2D eigenvalue weighted by molar-refractivity contribution is -0.129. The molecule has 1 saturated carbocycles.